The first-order chi connectivity index (χ1) is 23.2. The second-order valence-corrected chi connectivity index (χ2v) is 14.5. The molecule has 246 valence electrons. The van der Waals surface area contributed by atoms with Crippen LogP contribution < -0.4 is 15.8 Å². The number of fused-ring (bicyclic) bond motifs is 5. The third-order valence-electron chi connectivity index (χ3n) is 11.3. The minimum absolute atomic E-state index is 0.00169. The number of aromatic nitrogens is 4. The van der Waals surface area contributed by atoms with Crippen LogP contribution in [-0.2, 0) is 31.2 Å². The number of nitrogens with zero attached hydrogens (tertiary/aromatic N) is 5. The van der Waals surface area contributed by atoms with Crippen molar-refractivity contribution in [3.63, 3.8) is 0 Å². The number of methoxy groups -OCH3 is 1. The van der Waals surface area contributed by atoms with Gasteiger partial charge in [0.2, 0.25) is 5.91 Å². The van der Waals surface area contributed by atoms with Crippen molar-refractivity contribution < 1.29 is 14.3 Å². The van der Waals surface area contributed by atoms with E-state index in [0.29, 0.717) is 23.1 Å². The molecular formula is C38H41N7O3. The molecule has 3 N–H and O–H groups in total. The monoisotopic (exact) mass is 643 g/mol. The van der Waals surface area contributed by atoms with E-state index in [2.05, 4.69) is 50.8 Å². The minimum Gasteiger partial charge on any atom is -0.494 e. The van der Waals surface area contributed by atoms with E-state index in [4.69, 9.17) is 20.4 Å². The van der Waals surface area contributed by atoms with Crippen LogP contribution in [0.5, 0.6) is 5.75 Å². The van der Waals surface area contributed by atoms with E-state index in [0.717, 1.165) is 83.6 Å². The van der Waals surface area contributed by atoms with Crippen molar-refractivity contribution in [1.82, 2.24) is 29.3 Å². The lowest BCUT2D eigenvalue weighted by atomic mass is 10.0. The number of nitrogens with two attached hydrogens (primary N) is 1. The zero-order valence-corrected chi connectivity index (χ0v) is 27.7. The molecule has 2 bridgehead atoms. The largest absolute Gasteiger partial charge is 0.494 e. The molecule has 1 aliphatic heterocycles. The van der Waals surface area contributed by atoms with Gasteiger partial charge in [-0.3, -0.25) is 9.59 Å². The first kappa shape index (κ1) is 29.4. The molecule has 2 aromatic carbocycles. The molecule has 2 saturated carbocycles. The predicted molar refractivity (Wildman–Crippen MR) is 185 cm³/mol. The van der Waals surface area contributed by atoms with E-state index in [1.165, 1.54) is 24.0 Å². The number of carbonyl (C=O) groups is 2. The molecule has 48 heavy (non-hydrogen) atoms. The summed E-state index contributed by atoms with van der Waals surface area (Å²) in [6.07, 6.45) is 6.19. The van der Waals surface area contributed by atoms with Crippen molar-refractivity contribution in [2.45, 2.75) is 70.1 Å². The highest BCUT2D eigenvalue weighted by Crippen LogP contribution is 2.40. The van der Waals surface area contributed by atoms with Gasteiger partial charge < -0.3 is 29.8 Å². The predicted octanol–water partition coefficient (Wildman–Crippen LogP) is 4.84. The summed E-state index contributed by atoms with van der Waals surface area (Å²) < 4.78 is 10.3. The zero-order chi connectivity index (χ0) is 32.8. The van der Waals surface area contributed by atoms with E-state index in [1.807, 2.05) is 24.1 Å². The van der Waals surface area contributed by atoms with E-state index in [1.54, 1.807) is 14.0 Å². The average Bonchev–Trinajstić information content (AvgIpc) is 3.30. The molecule has 4 heterocycles. The Hall–Kier alpha value is -4.70. The van der Waals surface area contributed by atoms with Crippen molar-refractivity contribution in [1.29, 1.82) is 0 Å². The zero-order valence-electron chi connectivity index (χ0n) is 27.7. The number of aryl methyl sites for hydroxylation is 1. The van der Waals surface area contributed by atoms with E-state index in [9.17, 15) is 9.59 Å². The van der Waals surface area contributed by atoms with Crippen LogP contribution in [0.4, 0.5) is 0 Å². The van der Waals surface area contributed by atoms with Gasteiger partial charge in [-0.25, -0.2) is 9.97 Å². The summed E-state index contributed by atoms with van der Waals surface area (Å²) in [5, 5.41) is 4.14. The van der Waals surface area contributed by atoms with Gasteiger partial charge in [0.05, 0.1) is 24.0 Å². The normalized spacial score (nSPS) is 23.0. The van der Waals surface area contributed by atoms with Crippen LogP contribution in [0.15, 0.2) is 48.5 Å². The van der Waals surface area contributed by atoms with Gasteiger partial charge in [0.1, 0.15) is 16.9 Å². The molecule has 4 atom stereocenters. The van der Waals surface area contributed by atoms with Crippen LogP contribution in [0.3, 0.4) is 0 Å². The molecule has 4 aliphatic rings. The summed E-state index contributed by atoms with van der Waals surface area (Å²) in [6.45, 7) is 3.17. The summed E-state index contributed by atoms with van der Waals surface area (Å²) in [7, 11) is 3.67. The fraction of sp³-hybridized carbons (Fsp3) is 0.421. The molecule has 3 aliphatic carbocycles. The van der Waals surface area contributed by atoms with Gasteiger partial charge in [-0.05, 0) is 97.9 Å². The third-order valence-corrected chi connectivity index (χ3v) is 11.3. The minimum atomic E-state index is 0.00169. The molecular weight excluding hydrogens is 602 g/mol. The molecule has 4 unspecified atom stereocenters. The van der Waals surface area contributed by atoms with Gasteiger partial charge in [0, 0.05) is 61.7 Å². The van der Waals surface area contributed by atoms with Crippen LogP contribution in [-0.4, -0.2) is 67.6 Å². The Balaban J connectivity index is 1.10. The standard InChI is InChI=1S/C38H41N7O3/c1-20(46)40-28-13-22-6-7-23(12-26(22)14-28)29-10-8-24-16-32(44(36(24)41-29)18-21-4-5-21)37-42-30-15-27(17-33(48-3)35(30)43(37)2)38(47)45-19-25-9-11-31(45)34(25)39/h6-8,10,12,15-17,21,25,28,31,34H,4-5,9,11,13-14,18-19,39H2,1-3H3,(H,40,46). The van der Waals surface area contributed by atoms with Crippen LogP contribution in [0.25, 0.3) is 44.8 Å². The van der Waals surface area contributed by atoms with Gasteiger partial charge in [0.15, 0.2) is 5.82 Å². The molecule has 9 rings (SSSR count). The van der Waals surface area contributed by atoms with Crippen LogP contribution >= 0.6 is 0 Å². The third kappa shape index (κ3) is 4.71. The molecule has 0 radical (unpaired) electrons. The first-order valence-corrected chi connectivity index (χ1v) is 17.3. The van der Waals surface area contributed by atoms with E-state index < -0.39 is 0 Å². The Morgan fingerprint density at radius 2 is 1.83 bits per heavy atom. The number of amides is 2. The highest BCUT2D eigenvalue weighted by Gasteiger charge is 2.47. The molecule has 5 aromatic rings. The Labute approximate surface area is 279 Å². The van der Waals surface area contributed by atoms with Gasteiger partial charge in [-0.15, -0.1) is 0 Å². The van der Waals surface area contributed by atoms with Crippen LogP contribution in [0, 0.1) is 11.8 Å². The van der Waals surface area contributed by atoms with Crippen molar-refractivity contribution in [2.24, 2.45) is 24.6 Å². The number of ether oxygens (including phenoxy) is 1. The second-order valence-electron chi connectivity index (χ2n) is 14.5. The van der Waals surface area contributed by atoms with Gasteiger partial charge in [-0.2, -0.15) is 0 Å². The fourth-order valence-corrected chi connectivity index (χ4v) is 8.65. The van der Waals surface area contributed by atoms with Crippen LogP contribution in [0.1, 0.15) is 54.1 Å². The number of likely N-dealkylation sites (tertiary alicyclic amines) is 1. The van der Waals surface area contributed by atoms with Gasteiger partial charge in [-0.1, -0.05) is 12.1 Å². The smallest absolute Gasteiger partial charge is 0.254 e. The van der Waals surface area contributed by atoms with E-state index in [-0.39, 0.29) is 29.9 Å². The Morgan fingerprint density at radius 3 is 2.56 bits per heavy atom. The summed E-state index contributed by atoms with van der Waals surface area (Å²) in [4.78, 5) is 37.8. The summed E-state index contributed by atoms with van der Waals surface area (Å²) in [5.41, 5.74) is 15.1. The first-order valence-electron chi connectivity index (χ1n) is 17.3. The maximum Gasteiger partial charge on any atom is 0.254 e. The molecule has 0 spiro atoms. The Morgan fingerprint density at radius 1 is 1.00 bits per heavy atom. The molecule has 10 heteroatoms. The lowest BCUT2D eigenvalue weighted by Crippen LogP contribution is -2.41. The number of hydrogen-bond acceptors (Lipinski definition) is 6. The van der Waals surface area contributed by atoms with Crippen LogP contribution in [0.2, 0.25) is 0 Å². The molecule has 1 saturated heterocycles. The maximum atomic E-state index is 13.8. The Kier molecular flexibility index (Phi) is 6.70. The number of rotatable bonds is 7. The maximum absolute atomic E-state index is 13.8. The highest BCUT2D eigenvalue weighted by atomic mass is 16.5. The van der Waals surface area contributed by atoms with Crippen molar-refractivity contribution in [3.05, 3.63) is 65.2 Å². The number of pyridine rings is 1. The lowest BCUT2D eigenvalue weighted by Gasteiger charge is -2.27. The van der Waals surface area contributed by atoms with Gasteiger partial charge >= 0.3 is 0 Å². The van der Waals surface area contributed by atoms with Crippen molar-refractivity contribution in [3.8, 4) is 28.5 Å². The van der Waals surface area contributed by atoms with Gasteiger partial charge in [0.25, 0.3) is 5.91 Å². The molecule has 3 aromatic heterocycles. The quantitative estimate of drug-likeness (QED) is 0.262. The number of carbonyl (C=O) groups excluding carboxylic acids is 2. The number of benzene rings is 2. The van der Waals surface area contributed by atoms with Crippen molar-refractivity contribution >= 4 is 33.9 Å². The lowest BCUT2D eigenvalue weighted by molar-refractivity contribution is -0.119. The summed E-state index contributed by atoms with van der Waals surface area (Å²) in [5.74, 6) is 2.47. The fourth-order valence-electron chi connectivity index (χ4n) is 8.65. The number of piperidine rings is 1. The van der Waals surface area contributed by atoms with E-state index >= 15 is 0 Å². The molecule has 3 fully saturated rings. The summed E-state index contributed by atoms with van der Waals surface area (Å²) >= 11 is 0. The Bertz CT molecular complexity index is 2140. The molecule has 2 amide bonds. The highest BCUT2D eigenvalue weighted by molar-refractivity contribution is 6.00. The second kappa shape index (κ2) is 10.9. The van der Waals surface area contributed by atoms with Crippen molar-refractivity contribution in [2.75, 3.05) is 13.7 Å². The number of nitrogens with one attached hydrogen (secondary N) is 1. The SMILES string of the molecule is COc1cc(C(=O)N2CC3CCC2C3N)cc2nc(-c3cc4ccc(-c5ccc6c(c5)CC(NC(C)=O)C6)nc4n3CC3CC3)n(C)c12. The molecule has 10 nitrogen and oxygen atoms in total. The summed E-state index contributed by atoms with van der Waals surface area (Å²) in [6, 6.07) is 17.1. The topological polar surface area (TPSA) is 120 Å². The number of hydrogen-bond donors (Lipinski definition) is 2. The average molecular weight is 644 g/mol. The number of imidazole rings is 1.